The number of aromatic nitrogens is 3. The fourth-order valence-corrected chi connectivity index (χ4v) is 3.98. The van der Waals surface area contributed by atoms with E-state index in [9.17, 15) is 9.90 Å². The van der Waals surface area contributed by atoms with Crippen LogP contribution in [0.5, 0.6) is 0 Å². The summed E-state index contributed by atoms with van der Waals surface area (Å²) >= 11 is 1.56. The number of pyridine rings is 1. The van der Waals surface area contributed by atoms with E-state index in [1.165, 1.54) is 0 Å². The van der Waals surface area contributed by atoms with Crippen LogP contribution in [0.4, 0.5) is 5.82 Å². The Kier molecular flexibility index (Phi) is 6.70. The summed E-state index contributed by atoms with van der Waals surface area (Å²) in [6, 6.07) is 1.79. The minimum atomic E-state index is -0.00921. The molecule has 2 aromatic heterocycles. The minimum Gasteiger partial charge on any atom is -0.396 e. The Morgan fingerprint density at radius 2 is 2.11 bits per heavy atom. The molecule has 0 aromatic carbocycles. The molecule has 7 heteroatoms. The van der Waals surface area contributed by atoms with Crippen molar-refractivity contribution < 1.29 is 9.90 Å². The lowest BCUT2D eigenvalue weighted by molar-refractivity contribution is -0.121. The highest BCUT2D eigenvalue weighted by Gasteiger charge is 2.26. The molecule has 0 bridgehead atoms. The summed E-state index contributed by atoms with van der Waals surface area (Å²) in [5.74, 6) is 0.855. The summed E-state index contributed by atoms with van der Waals surface area (Å²) in [6.45, 7) is 8.21. The van der Waals surface area contributed by atoms with Crippen LogP contribution in [-0.2, 0) is 4.79 Å². The Bertz CT molecular complexity index is 975. The van der Waals surface area contributed by atoms with E-state index in [0.29, 0.717) is 11.7 Å². The second-order valence-electron chi connectivity index (χ2n) is 7.30. The summed E-state index contributed by atoms with van der Waals surface area (Å²) in [4.78, 5) is 16.8. The van der Waals surface area contributed by atoms with E-state index >= 15 is 0 Å². The van der Waals surface area contributed by atoms with Gasteiger partial charge in [0.05, 0.1) is 0 Å². The van der Waals surface area contributed by atoms with Crippen LogP contribution in [-0.4, -0.2) is 32.8 Å². The van der Waals surface area contributed by atoms with Crippen LogP contribution in [0.25, 0.3) is 18.2 Å². The van der Waals surface area contributed by atoms with Crippen molar-refractivity contribution in [2.45, 2.75) is 39.5 Å². The van der Waals surface area contributed by atoms with E-state index in [2.05, 4.69) is 27.1 Å². The molecule has 2 N–H and O–H groups in total. The Balaban J connectivity index is 1.67. The Morgan fingerprint density at radius 1 is 1.36 bits per heavy atom. The van der Waals surface area contributed by atoms with E-state index in [-0.39, 0.29) is 18.4 Å². The molecule has 3 rings (SSSR count). The molecule has 1 amide bonds. The zero-order valence-corrected chi connectivity index (χ0v) is 17.1. The molecule has 1 aliphatic carbocycles. The topological polar surface area (TPSA) is 88.0 Å². The fourth-order valence-electron chi connectivity index (χ4n) is 3.30. The van der Waals surface area contributed by atoms with Gasteiger partial charge in [-0.1, -0.05) is 30.1 Å². The van der Waals surface area contributed by atoms with Crippen molar-refractivity contribution in [3.63, 3.8) is 0 Å². The van der Waals surface area contributed by atoms with Crippen LogP contribution in [0.1, 0.15) is 42.6 Å². The van der Waals surface area contributed by atoms with Crippen molar-refractivity contribution in [3.8, 4) is 0 Å². The summed E-state index contributed by atoms with van der Waals surface area (Å²) < 4.78 is 0. The molecular weight excluding hydrogens is 372 g/mol. The highest BCUT2D eigenvalue weighted by atomic mass is 32.1. The van der Waals surface area contributed by atoms with Crippen molar-refractivity contribution in [1.82, 2.24) is 15.2 Å². The molecule has 0 spiro atoms. The molecule has 2 heterocycles. The first-order chi connectivity index (χ1) is 13.5. The van der Waals surface area contributed by atoms with Crippen molar-refractivity contribution >= 4 is 41.3 Å². The maximum Gasteiger partial charge on any atom is 0.228 e. The maximum atomic E-state index is 12.5. The minimum absolute atomic E-state index is 0.00222. The number of aryl methyl sites for hydroxylation is 1. The van der Waals surface area contributed by atoms with E-state index in [1.54, 1.807) is 23.6 Å². The average Bonchev–Trinajstić information content (AvgIpc) is 3.13. The fraction of sp³-hybridized carbons (Fsp3) is 0.429. The Labute approximate surface area is 168 Å². The highest BCUT2D eigenvalue weighted by Crippen LogP contribution is 2.29. The van der Waals surface area contributed by atoms with Gasteiger partial charge < -0.3 is 10.4 Å². The molecule has 0 atom stereocenters. The van der Waals surface area contributed by atoms with Gasteiger partial charge in [-0.25, -0.2) is 4.98 Å². The molecule has 0 aliphatic heterocycles. The first kappa shape index (κ1) is 20.4. The molecule has 1 fully saturated rings. The molecule has 0 unspecified atom stereocenters. The van der Waals surface area contributed by atoms with Crippen LogP contribution in [0.3, 0.4) is 0 Å². The van der Waals surface area contributed by atoms with Gasteiger partial charge in [-0.2, -0.15) is 0 Å². The van der Waals surface area contributed by atoms with Gasteiger partial charge in [0.15, 0.2) is 0 Å². The van der Waals surface area contributed by atoms with Gasteiger partial charge in [-0.15, -0.1) is 10.2 Å². The first-order valence-corrected chi connectivity index (χ1v) is 10.3. The van der Waals surface area contributed by atoms with Crippen molar-refractivity contribution in [3.05, 3.63) is 38.8 Å². The third kappa shape index (κ3) is 5.11. The molecule has 1 saturated carbocycles. The number of nitrogens with zero attached hydrogens (tertiary/aromatic N) is 3. The largest absolute Gasteiger partial charge is 0.396 e. The predicted octanol–water partition coefficient (Wildman–Crippen LogP) is 2.27. The lowest BCUT2D eigenvalue weighted by Gasteiger charge is -2.26. The molecule has 2 aromatic rings. The maximum absolute atomic E-state index is 12.5. The number of anilines is 1. The molecule has 6 nitrogen and oxygen atoms in total. The van der Waals surface area contributed by atoms with Gasteiger partial charge in [-0.05, 0) is 67.5 Å². The van der Waals surface area contributed by atoms with E-state index in [1.807, 2.05) is 26.0 Å². The van der Waals surface area contributed by atoms with Crippen LogP contribution >= 0.6 is 11.3 Å². The van der Waals surface area contributed by atoms with Crippen molar-refractivity contribution in [2.75, 3.05) is 11.9 Å². The number of hydrogen-bond acceptors (Lipinski definition) is 6. The Morgan fingerprint density at radius 3 is 2.71 bits per heavy atom. The van der Waals surface area contributed by atoms with E-state index in [4.69, 9.17) is 0 Å². The van der Waals surface area contributed by atoms with Gasteiger partial charge in [-0.3, -0.25) is 4.79 Å². The van der Waals surface area contributed by atoms with Crippen molar-refractivity contribution in [2.24, 2.45) is 11.8 Å². The number of allylic oxidation sites excluding steroid dienone is 2. The number of nitrogens with one attached hydrogen (secondary N) is 1. The third-order valence-corrected chi connectivity index (χ3v) is 6.10. The monoisotopic (exact) mass is 398 g/mol. The zero-order valence-electron chi connectivity index (χ0n) is 16.3. The van der Waals surface area contributed by atoms with Gasteiger partial charge in [0, 0.05) is 18.7 Å². The van der Waals surface area contributed by atoms with Crippen molar-refractivity contribution in [1.29, 1.82) is 0 Å². The third-order valence-electron chi connectivity index (χ3n) is 5.13. The smallest absolute Gasteiger partial charge is 0.228 e. The Hall–Kier alpha value is -2.38. The predicted molar refractivity (Wildman–Crippen MR) is 113 cm³/mol. The summed E-state index contributed by atoms with van der Waals surface area (Å²) in [7, 11) is 0. The highest BCUT2D eigenvalue weighted by molar-refractivity contribution is 7.12. The summed E-state index contributed by atoms with van der Waals surface area (Å²) in [6.07, 6.45) is 9.07. The molecular formula is C21H26N4O2S. The summed E-state index contributed by atoms with van der Waals surface area (Å²) in [5.41, 5.74) is 1.03. The lowest BCUT2D eigenvalue weighted by atomic mass is 9.82. The number of rotatable bonds is 5. The van der Waals surface area contributed by atoms with Gasteiger partial charge >= 0.3 is 0 Å². The molecule has 0 saturated heterocycles. The second kappa shape index (κ2) is 9.21. The number of amides is 1. The SMILES string of the molecule is C=c1cc(NC(=O)[C@H]2CC[C@H](CO)CC2)nc/c1=C/C=C(\C)c1nnc(C)s1. The second-order valence-corrected chi connectivity index (χ2v) is 8.48. The van der Waals surface area contributed by atoms with Crippen LogP contribution in [0.15, 0.2) is 18.3 Å². The number of carbonyl (C=O) groups is 1. The zero-order chi connectivity index (χ0) is 20.1. The van der Waals surface area contributed by atoms with Crippen LogP contribution in [0.2, 0.25) is 0 Å². The quantitative estimate of drug-likeness (QED) is 0.807. The van der Waals surface area contributed by atoms with Crippen LogP contribution in [0, 0.1) is 18.8 Å². The number of aliphatic hydroxyl groups excluding tert-OH is 1. The molecule has 148 valence electrons. The van der Waals surface area contributed by atoms with E-state index in [0.717, 1.165) is 51.7 Å². The van der Waals surface area contributed by atoms with Gasteiger partial charge in [0.2, 0.25) is 5.91 Å². The first-order valence-electron chi connectivity index (χ1n) is 9.52. The summed E-state index contributed by atoms with van der Waals surface area (Å²) in [5, 5.41) is 23.8. The molecule has 28 heavy (non-hydrogen) atoms. The van der Waals surface area contributed by atoms with E-state index < -0.39 is 0 Å². The van der Waals surface area contributed by atoms with Gasteiger partial charge in [0.1, 0.15) is 15.8 Å². The standard InChI is InChI=1S/C21H26N4O2S/c1-13(21-25-24-15(3)28-21)4-7-18-11-22-19(10-14(18)2)23-20(27)17-8-5-16(12-26)6-9-17/h4,7,10-11,16-17,26H,2,5-6,8-9,12H2,1,3H3,(H,23,27)/b13-4+,18-7-/t16-,17-. The lowest BCUT2D eigenvalue weighted by Crippen LogP contribution is -2.30. The number of hydrogen-bond donors (Lipinski definition) is 2. The van der Waals surface area contributed by atoms with Crippen LogP contribution < -0.4 is 15.8 Å². The molecule has 0 radical (unpaired) electrons. The average molecular weight is 399 g/mol. The normalized spacial score (nSPS) is 21.0. The number of aliphatic hydroxyl groups is 1. The molecule has 1 aliphatic rings. The number of carbonyl (C=O) groups excluding carboxylic acids is 1. The van der Waals surface area contributed by atoms with Gasteiger partial charge in [0.25, 0.3) is 0 Å².